The molecule has 1 aromatic heterocycles. The van der Waals surface area contributed by atoms with Gasteiger partial charge in [-0.25, -0.2) is 9.78 Å². The van der Waals surface area contributed by atoms with Crippen molar-refractivity contribution in [2.45, 2.75) is 19.6 Å². The highest BCUT2D eigenvalue weighted by Crippen LogP contribution is 2.18. The average molecular weight is 257 g/mol. The zero-order valence-electron chi connectivity index (χ0n) is 10.5. The molecule has 1 N–H and O–H groups in total. The molecule has 0 atom stereocenters. The Labute approximate surface area is 111 Å². The first kappa shape index (κ1) is 11.9. The third-order valence-corrected chi connectivity index (χ3v) is 3.43. The number of nitrogens with zero attached hydrogens (tertiary/aromatic N) is 3. The maximum absolute atomic E-state index is 11.1. The van der Waals surface area contributed by atoms with E-state index in [1.165, 1.54) is 5.56 Å². The van der Waals surface area contributed by atoms with E-state index < -0.39 is 5.97 Å². The van der Waals surface area contributed by atoms with E-state index in [2.05, 4.69) is 22.0 Å². The smallest absolute Gasteiger partial charge is 0.356 e. The van der Waals surface area contributed by atoms with Gasteiger partial charge >= 0.3 is 5.97 Å². The molecule has 1 aliphatic rings. The summed E-state index contributed by atoms with van der Waals surface area (Å²) in [4.78, 5) is 17.3. The third-order valence-electron chi connectivity index (χ3n) is 3.43. The molecule has 0 unspecified atom stereocenters. The fraction of sp³-hybridized carbons (Fsp3) is 0.286. The summed E-state index contributed by atoms with van der Waals surface area (Å²) in [5.74, 6) is -0.949. The molecule has 0 amide bonds. The lowest BCUT2D eigenvalue weighted by atomic mass is 10.2. The Kier molecular flexibility index (Phi) is 3.05. The van der Waals surface area contributed by atoms with Crippen LogP contribution in [0.3, 0.4) is 0 Å². The predicted octanol–water partition coefficient (Wildman–Crippen LogP) is 1.60. The van der Waals surface area contributed by atoms with E-state index >= 15 is 0 Å². The molecule has 0 fully saturated rings. The van der Waals surface area contributed by atoms with Crippen LogP contribution >= 0.6 is 0 Å². The Hall–Kier alpha value is -2.14. The molecule has 0 saturated carbocycles. The van der Waals surface area contributed by atoms with Crippen molar-refractivity contribution >= 4 is 5.97 Å². The van der Waals surface area contributed by atoms with E-state index in [1.54, 1.807) is 6.33 Å². The van der Waals surface area contributed by atoms with Gasteiger partial charge in [-0.2, -0.15) is 0 Å². The van der Waals surface area contributed by atoms with Gasteiger partial charge in [0.2, 0.25) is 0 Å². The fourth-order valence-corrected chi connectivity index (χ4v) is 2.46. The molecule has 3 rings (SSSR count). The molecular formula is C14H15N3O2. The summed E-state index contributed by atoms with van der Waals surface area (Å²) in [5.41, 5.74) is 2.22. The molecular weight excluding hydrogens is 242 g/mol. The molecule has 1 aliphatic heterocycles. The second-order valence-electron chi connectivity index (χ2n) is 4.73. The van der Waals surface area contributed by atoms with E-state index in [-0.39, 0.29) is 5.69 Å². The standard InChI is InChI=1S/C14H15N3O2/c18-14(19)13-12-9-16(6-7-17(12)10-15-13)8-11-4-2-1-3-5-11/h1-5,10H,6-9H2,(H,18,19). The summed E-state index contributed by atoms with van der Waals surface area (Å²) >= 11 is 0. The van der Waals surface area contributed by atoms with Crippen LogP contribution < -0.4 is 0 Å². The largest absolute Gasteiger partial charge is 0.476 e. The van der Waals surface area contributed by atoms with Gasteiger partial charge in [0, 0.05) is 26.2 Å². The van der Waals surface area contributed by atoms with Crippen LogP contribution in [-0.2, 0) is 19.6 Å². The molecule has 19 heavy (non-hydrogen) atoms. The highest BCUT2D eigenvalue weighted by molar-refractivity contribution is 5.86. The quantitative estimate of drug-likeness (QED) is 0.907. The van der Waals surface area contributed by atoms with Crippen LogP contribution in [0.25, 0.3) is 0 Å². The highest BCUT2D eigenvalue weighted by atomic mass is 16.4. The average Bonchev–Trinajstić information content (AvgIpc) is 2.83. The van der Waals surface area contributed by atoms with Gasteiger partial charge in [-0.1, -0.05) is 30.3 Å². The van der Waals surface area contributed by atoms with Crippen LogP contribution in [0.4, 0.5) is 0 Å². The Morgan fingerprint density at radius 1 is 1.26 bits per heavy atom. The van der Waals surface area contributed by atoms with Crippen molar-refractivity contribution in [2.24, 2.45) is 0 Å². The van der Waals surface area contributed by atoms with Crippen LogP contribution in [0.15, 0.2) is 36.7 Å². The zero-order chi connectivity index (χ0) is 13.2. The minimum Gasteiger partial charge on any atom is -0.476 e. The van der Waals surface area contributed by atoms with Gasteiger partial charge in [0.15, 0.2) is 5.69 Å². The van der Waals surface area contributed by atoms with Gasteiger partial charge in [-0.05, 0) is 5.56 Å². The van der Waals surface area contributed by atoms with Gasteiger partial charge in [0.1, 0.15) is 0 Å². The van der Waals surface area contributed by atoms with Gasteiger partial charge in [0.05, 0.1) is 12.0 Å². The number of benzene rings is 1. The van der Waals surface area contributed by atoms with Crippen molar-refractivity contribution in [1.29, 1.82) is 0 Å². The lowest BCUT2D eigenvalue weighted by Crippen LogP contribution is -2.33. The van der Waals surface area contributed by atoms with Crippen molar-refractivity contribution in [3.63, 3.8) is 0 Å². The highest BCUT2D eigenvalue weighted by Gasteiger charge is 2.23. The molecule has 0 saturated heterocycles. The van der Waals surface area contributed by atoms with Crippen molar-refractivity contribution in [2.75, 3.05) is 6.54 Å². The number of carbonyl (C=O) groups is 1. The van der Waals surface area contributed by atoms with Crippen molar-refractivity contribution in [1.82, 2.24) is 14.5 Å². The summed E-state index contributed by atoms with van der Waals surface area (Å²) in [6.45, 7) is 3.18. The van der Waals surface area contributed by atoms with Gasteiger partial charge < -0.3 is 9.67 Å². The summed E-state index contributed by atoms with van der Waals surface area (Å²) in [7, 11) is 0. The number of aromatic nitrogens is 2. The van der Waals surface area contributed by atoms with Crippen LogP contribution in [-0.4, -0.2) is 32.1 Å². The van der Waals surface area contributed by atoms with Gasteiger partial charge in [0.25, 0.3) is 0 Å². The van der Waals surface area contributed by atoms with Crippen LogP contribution in [0.1, 0.15) is 21.7 Å². The first-order chi connectivity index (χ1) is 9.24. The number of fused-ring (bicyclic) bond motifs is 1. The van der Waals surface area contributed by atoms with E-state index in [9.17, 15) is 4.79 Å². The number of rotatable bonds is 3. The maximum Gasteiger partial charge on any atom is 0.356 e. The molecule has 98 valence electrons. The zero-order valence-corrected chi connectivity index (χ0v) is 10.5. The van der Waals surface area contributed by atoms with Crippen LogP contribution in [0.5, 0.6) is 0 Å². The number of carboxylic acids is 1. The molecule has 0 aliphatic carbocycles. The van der Waals surface area contributed by atoms with Crippen molar-refractivity contribution < 1.29 is 9.90 Å². The summed E-state index contributed by atoms with van der Waals surface area (Å²) < 4.78 is 1.94. The topological polar surface area (TPSA) is 58.4 Å². The Morgan fingerprint density at radius 2 is 2.05 bits per heavy atom. The van der Waals surface area contributed by atoms with Crippen molar-refractivity contribution in [3.8, 4) is 0 Å². The lowest BCUT2D eigenvalue weighted by Gasteiger charge is -2.28. The molecule has 1 aromatic carbocycles. The minimum atomic E-state index is -0.949. The normalized spacial score (nSPS) is 15.2. The predicted molar refractivity (Wildman–Crippen MR) is 69.7 cm³/mol. The molecule has 5 heteroatoms. The second-order valence-corrected chi connectivity index (χ2v) is 4.73. The molecule has 0 spiro atoms. The van der Waals surface area contributed by atoms with E-state index in [1.807, 2.05) is 22.8 Å². The van der Waals surface area contributed by atoms with Crippen LogP contribution in [0, 0.1) is 0 Å². The molecule has 0 radical (unpaired) electrons. The maximum atomic E-state index is 11.1. The number of hydrogen-bond donors (Lipinski definition) is 1. The summed E-state index contributed by atoms with van der Waals surface area (Å²) in [5, 5.41) is 9.11. The SMILES string of the molecule is O=C(O)c1ncn2c1CN(Cc1ccccc1)CC2. The first-order valence-electron chi connectivity index (χ1n) is 6.27. The minimum absolute atomic E-state index is 0.178. The number of imidazole rings is 1. The molecule has 2 aromatic rings. The van der Waals surface area contributed by atoms with E-state index in [0.717, 1.165) is 25.3 Å². The Bertz CT molecular complexity index is 592. The van der Waals surface area contributed by atoms with E-state index in [4.69, 9.17) is 5.11 Å². The number of hydrogen-bond acceptors (Lipinski definition) is 3. The number of carboxylic acid groups (broad SMARTS) is 1. The van der Waals surface area contributed by atoms with Crippen molar-refractivity contribution in [3.05, 3.63) is 53.6 Å². The van der Waals surface area contributed by atoms with Gasteiger partial charge in [-0.15, -0.1) is 0 Å². The molecule has 0 bridgehead atoms. The van der Waals surface area contributed by atoms with Gasteiger partial charge in [-0.3, -0.25) is 4.90 Å². The summed E-state index contributed by atoms with van der Waals surface area (Å²) in [6, 6.07) is 10.2. The monoisotopic (exact) mass is 257 g/mol. The molecule has 5 nitrogen and oxygen atoms in total. The fourth-order valence-electron chi connectivity index (χ4n) is 2.46. The summed E-state index contributed by atoms with van der Waals surface area (Å²) in [6.07, 6.45) is 1.62. The first-order valence-corrected chi connectivity index (χ1v) is 6.27. The third kappa shape index (κ3) is 2.37. The molecule has 2 heterocycles. The Morgan fingerprint density at radius 3 is 2.79 bits per heavy atom. The Balaban J connectivity index is 1.78. The lowest BCUT2D eigenvalue weighted by molar-refractivity contribution is 0.0686. The van der Waals surface area contributed by atoms with Crippen LogP contribution in [0.2, 0.25) is 0 Å². The van der Waals surface area contributed by atoms with E-state index in [0.29, 0.717) is 6.54 Å². The second kappa shape index (κ2) is 4.85. The number of aromatic carboxylic acids is 1.